The zero-order valence-electron chi connectivity index (χ0n) is 8.60. The van der Waals surface area contributed by atoms with Crippen LogP contribution in [0.5, 0.6) is 0 Å². The molecule has 0 aliphatic heterocycles. The summed E-state index contributed by atoms with van der Waals surface area (Å²) in [5.41, 5.74) is 6.19. The number of hydrogen-bond acceptors (Lipinski definition) is 4. The van der Waals surface area contributed by atoms with Crippen LogP contribution in [0, 0.1) is 0 Å². The lowest BCUT2D eigenvalue weighted by Crippen LogP contribution is -2.16. The summed E-state index contributed by atoms with van der Waals surface area (Å²) in [4.78, 5) is 14.8. The molecule has 0 aliphatic carbocycles. The molecule has 15 heavy (non-hydrogen) atoms. The minimum atomic E-state index is -0.511. The van der Waals surface area contributed by atoms with Gasteiger partial charge in [-0.1, -0.05) is 0 Å². The van der Waals surface area contributed by atoms with Crippen LogP contribution in [-0.4, -0.2) is 28.6 Å². The Morgan fingerprint density at radius 2 is 2.47 bits per heavy atom. The molecule has 0 radical (unpaired) electrons. The standard InChI is InChI=1S/C10H15N3O2/c1-7(14)2-5-13-9-3-4-12-6-8(9)10(11)15/h3-4,6-7,14H,2,5H2,1H3,(H2,11,15)(H,12,13). The Morgan fingerprint density at radius 3 is 3.07 bits per heavy atom. The third-order valence-corrected chi connectivity index (χ3v) is 1.96. The average Bonchev–Trinajstić information content (AvgIpc) is 2.17. The number of amides is 1. The van der Waals surface area contributed by atoms with Crippen molar-refractivity contribution in [2.24, 2.45) is 5.73 Å². The van der Waals surface area contributed by atoms with Crippen LogP contribution in [-0.2, 0) is 0 Å². The van der Waals surface area contributed by atoms with E-state index in [0.29, 0.717) is 24.2 Å². The zero-order chi connectivity index (χ0) is 11.3. The first kappa shape index (κ1) is 11.5. The van der Waals surface area contributed by atoms with Crippen molar-refractivity contribution in [2.75, 3.05) is 11.9 Å². The van der Waals surface area contributed by atoms with Gasteiger partial charge in [-0.15, -0.1) is 0 Å². The number of nitrogens with two attached hydrogens (primary N) is 1. The molecule has 1 unspecified atom stereocenters. The van der Waals surface area contributed by atoms with E-state index in [2.05, 4.69) is 10.3 Å². The molecule has 5 heteroatoms. The van der Waals surface area contributed by atoms with Gasteiger partial charge in [-0.3, -0.25) is 9.78 Å². The van der Waals surface area contributed by atoms with Gasteiger partial charge < -0.3 is 16.2 Å². The maximum absolute atomic E-state index is 11.0. The van der Waals surface area contributed by atoms with Crippen LogP contribution in [0.1, 0.15) is 23.7 Å². The average molecular weight is 209 g/mol. The monoisotopic (exact) mass is 209 g/mol. The Hall–Kier alpha value is -1.62. The van der Waals surface area contributed by atoms with E-state index in [0.717, 1.165) is 0 Å². The van der Waals surface area contributed by atoms with Crippen LogP contribution < -0.4 is 11.1 Å². The van der Waals surface area contributed by atoms with Gasteiger partial charge in [-0.05, 0) is 19.4 Å². The molecule has 0 bridgehead atoms. The Labute approximate surface area is 88.3 Å². The van der Waals surface area contributed by atoms with Crippen molar-refractivity contribution in [1.29, 1.82) is 0 Å². The van der Waals surface area contributed by atoms with E-state index in [1.807, 2.05) is 0 Å². The molecule has 0 saturated heterocycles. The Morgan fingerprint density at radius 1 is 1.73 bits per heavy atom. The number of nitrogens with zero attached hydrogens (tertiary/aromatic N) is 1. The second-order valence-corrected chi connectivity index (χ2v) is 3.35. The highest BCUT2D eigenvalue weighted by molar-refractivity contribution is 5.98. The second-order valence-electron chi connectivity index (χ2n) is 3.35. The van der Waals surface area contributed by atoms with E-state index in [9.17, 15) is 4.79 Å². The molecule has 0 spiro atoms. The predicted octanol–water partition coefficient (Wildman–Crippen LogP) is 0.363. The molecule has 0 aromatic carbocycles. The third kappa shape index (κ3) is 3.55. The van der Waals surface area contributed by atoms with E-state index in [4.69, 9.17) is 10.8 Å². The molecule has 5 nitrogen and oxygen atoms in total. The smallest absolute Gasteiger partial charge is 0.252 e. The van der Waals surface area contributed by atoms with Crippen molar-refractivity contribution >= 4 is 11.6 Å². The number of primary amides is 1. The first-order valence-electron chi connectivity index (χ1n) is 4.77. The van der Waals surface area contributed by atoms with Gasteiger partial charge >= 0.3 is 0 Å². The first-order valence-corrected chi connectivity index (χ1v) is 4.77. The highest BCUT2D eigenvalue weighted by Crippen LogP contribution is 2.12. The SMILES string of the molecule is CC(O)CCNc1ccncc1C(N)=O. The molecule has 1 amide bonds. The summed E-state index contributed by atoms with van der Waals surface area (Å²) < 4.78 is 0. The maximum atomic E-state index is 11.0. The number of carbonyl (C=O) groups excluding carboxylic acids is 1. The Kier molecular flexibility index (Phi) is 4.05. The third-order valence-electron chi connectivity index (χ3n) is 1.96. The van der Waals surface area contributed by atoms with Crippen LogP contribution >= 0.6 is 0 Å². The quantitative estimate of drug-likeness (QED) is 0.653. The highest BCUT2D eigenvalue weighted by Gasteiger charge is 2.07. The lowest BCUT2D eigenvalue weighted by molar-refractivity contribution is 0.100. The minimum Gasteiger partial charge on any atom is -0.393 e. The highest BCUT2D eigenvalue weighted by atomic mass is 16.3. The largest absolute Gasteiger partial charge is 0.393 e. The molecule has 1 aromatic heterocycles. The molecular weight excluding hydrogens is 194 g/mol. The predicted molar refractivity (Wildman–Crippen MR) is 57.5 cm³/mol. The number of rotatable bonds is 5. The topological polar surface area (TPSA) is 88.2 Å². The number of carbonyl (C=O) groups is 1. The fourth-order valence-corrected chi connectivity index (χ4v) is 1.16. The van der Waals surface area contributed by atoms with Gasteiger partial charge in [-0.2, -0.15) is 0 Å². The summed E-state index contributed by atoms with van der Waals surface area (Å²) in [6.07, 6.45) is 3.25. The van der Waals surface area contributed by atoms with E-state index in [-0.39, 0.29) is 6.10 Å². The van der Waals surface area contributed by atoms with Crippen LogP contribution in [0.4, 0.5) is 5.69 Å². The summed E-state index contributed by atoms with van der Waals surface area (Å²) in [7, 11) is 0. The molecule has 1 aromatic rings. The van der Waals surface area contributed by atoms with E-state index in [1.54, 1.807) is 19.2 Å². The van der Waals surface area contributed by atoms with Crippen molar-refractivity contribution in [3.05, 3.63) is 24.0 Å². The van der Waals surface area contributed by atoms with Gasteiger partial charge in [0.05, 0.1) is 17.4 Å². The van der Waals surface area contributed by atoms with Gasteiger partial charge in [0.1, 0.15) is 0 Å². The lowest BCUT2D eigenvalue weighted by Gasteiger charge is -2.10. The number of aliphatic hydroxyl groups excluding tert-OH is 1. The van der Waals surface area contributed by atoms with Crippen LogP contribution in [0.3, 0.4) is 0 Å². The molecule has 0 fully saturated rings. The van der Waals surface area contributed by atoms with Crippen LogP contribution in [0.15, 0.2) is 18.5 Å². The van der Waals surface area contributed by atoms with E-state index < -0.39 is 5.91 Å². The fraction of sp³-hybridized carbons (Fsp3) is 0.400. The van der Waals surface area contributed by atoms with Crippen LogP contribution in [0.2, 0.25) is 0 Å². The summed E-state index contributed by atoms with van der Waals surface area (Å²) in [5.74, 6) is -0.511. The normalized spacial score (nSPS) is 12.1. The zero-order valence-corrected chi connectivity index (χ0v) is 8.60. The fourth-order valence-electron chi connectivity index (χ4n) is 1.16. The van der Waals surface area contributed by atoms with E-state index in [1.165, 1.54) is 6.20 Å². The minimum absolute atomic E-state index is 0.364. The van der Waals surface area contributed by atoms with Crippen molar-refractivity contribution in [2.45, 2.75) is 19.4 Å². The molecule has 82 valence electrons. The molecule has 1 rings (SSSR count). The summed E-state index contributed by atoms with van der Waals surface area (Å²) in [6.45, 7) is 2.30. The van der Waals surface area contributed by atoms with Crippen molar-refractivity contribution in [1.82, 2.24) is 4.98 Å². The summed E-state index contributed by atoms with van der Waals surface area (Å²) >= 11 is 0. The number of anilines is 1. The number of pyridine rings is 1. The second kappa shape index (κ2) is 5.31. The number of aromatic nitrogens is 1. The molecule has 4 N–H and O–H groups in total. The maximum Gasteiger partial charge on any atom is 0.252 e. The number of nitrogens with one attached hydrogen (secondary N) is 1. The molecule has 0 aliphatic rings. The number of aliphatic hydroxyl groups is 1. The van der Waals surface area contributed by atoms with Gasteiger partial charge in [0.25, 0.3) is 5.91 Å². The van der Waals surface area contributed by atoms with Gasteiger partial charge in [-0.25, -0.2) is 0 Å². The van der Waals surface area contributed by atoms with Gasteiger partial charge in [0.15, 0.2) is 0 Å². The summed E-state index contributed by atoms with van der Waals surface area (Å²) in [6, 6.07) is 1.68. The molecule has 0 saturated carbocycles. The summed E-state index contributed by atoms with van der Waals surface area (Å²) in [5, 5.41) is 12.1. The van der Waals surface area contributed by atoms with E-state index >= 15 is 0 Å². The van der Waals surface area contributed by atoms with Crippen molar-refractivity contribution in [3.63, 3.8) is 0 Å². The van der Waals surface area contributed by atoms with Crippen LogP contribution in [0.25, 0.3) is 0 Å². The van der Waals surface area contributed by atoms with Crippen molar-refractivity contribution in [3.8, 4) is 0 Å². The van der Waals surface area contributed by atoms with Gasteiger partial charge in [0, 0.05) is 18.9 Å². The lowest BCUT2D eigenvalue weighted by atomic mass is 10.2. The Bertz CT molecular complexity index is 339. The molecular formula is C10H15N3O2. The first-order chi connectivity index (χ1) is 7.11. The Balaban J connectivity index is 2.63. The molecule has 1 heterocycles. The molecule has 1 atom stereocenters. The number of hydrogen-bond donors (Lipinski definition) is 3. The van der Waals surface area contributed by atoms with Crippen molar-refractivity contribution < 1.29 is 9.90 Å². The van der Waals surface area contributed by atoms with Gasteiger partial charge in [0.2, 0.25) is 0 Å².